The molecule has 132 valence electrons. The van der Waals surface area contributed by atoms with E-state index in [9.17, 15) is 10.1 Å². The van der Waals surface area contributed by atoms with Crippen LogP contribution in [0.1, 0.15) is 22.5 Å². The molecule has 26 heavy (non-hydrogen) atoms. The van der Waals surface area contributed by atoms with Crippen LogP contribution in [0.25, 0.3) is 5.69 Å². The van der Waals surface area contributed by atoms with E-state index < -0.39 is 4.92 Å². The monoisotopic (exact) mass is 349 g/mol. The third kappa shape index (κ3) is 3.66. The molecule has 3 rings (SSSR count). The summed E-state index contributed by atoms with van der Waals surface area (Å²) in [6, 6.07) is 13.3. The summed E-state index contributed by atoms with van der Waals surface area (Å²) >= 11 is 0. The normalized spacial score (nSPS) is 11.2. The summed E-state index contributed by atoms with van der Waals surface area (Å²) < 4.78 is 2.19. The number of hydrogen-bond acceptors (Lipinski definition) is 5. The van der Waals surface area contributed by atoms with Crippen molar-refractivity contribution in [1.82, 2.24) is 9.55 Å². The van der Waals surface area contributed by atoms with E-state index in [2.05, 4.69) is 70.9 Å². The lowest BCUT2D eigenvalue weighted by molar-refractivity contribution is -0.385. The SMILES string of the molecule is Cc1ccc(-n2c(C)cc(CN=Nc3ccc([N+](=O)[O-])cn3)c2C)cc1. The highest BCUT2D eigenvalue weighted by molar-refractivity contribution is 5.42. The summed E-state index contributed by atoms with van der Waals surface area (Å²) in [6.07, 6.45) is 1.18. The van der Waals surface area contributed by atoms with E-state index in [-0.39, 0.29) is 5.69 Å². The number of benzene rings is 1. The minimum atomic E-state index is -0.492. The zero-order valence-electron chi connectivity index (χ0n) is 14.9. The Bertz CT molecular complexity index is 957. The minimum Gasteiger partial charge on any atom is -0.318 e. The van der Waals surface area contributed by atoms with E-state index in [1.165, 1.54) is 23.9 Å². The molecular formula is C19H19N5O2. The Kier molecular flexibility index (Phi) is 4.88. The minimum absolute atomic E-state index is 0.0643. The predicted octanol–water partition coefficient (Wildman–Crippen LogP) is 4.99. The molecule has 2 heterocycles. The van der Waals surface area contributed by atoms with Crippen molar-refractivity contribution in [1.29, 1.82) is 0 Å². The number of rotatable bonds is 5. The van der Waals surface area contributed by atoms with Gasteiger partial charge in [-0.3, -0.25) is 10.1 Å². The van der Waals surface area contributed by atoms with E-state index in [0.29, 0.717) is 12.4 Å². The molecule has 0 fully saturated rings. The molecule has 3 aromatic rings. The lowest BCUT2D eigenvalue weighted by Crippen LogP contribution is -1.99. The van der Waals surface area contributed by atoms with Gasteiger partial charge in [-0.25, -0.2) is 4.98 Å². The number of nitrogens with zero attached hydrogens (tertiary/aromatic N) is 5. The van der Waals surface area contributed by atoms with Crippen LogP contribution in [0.4, 0.5) is 11.5 Å². The van der Waals surface area contributed by atoms with Crippen LogP contribution in [0.5, 0.6) is 0 Å². The summed E-state index contributed by atoms with van der Waals surface area (Å²) in [4.78, 5) is 14.1. The molecular weight excluding hydrogens is 330 g/mol. The lowest BCUT2D eigenvalue weighted by atomic mass is 10.2. The zero-order valence-corrected chi connectivity index (χ0v) is 14.9. The maximum absolute atomic E-state index is 10.6. The van der Waals surface area contributed by atoms with Crippen LogP contribution >= 0.6 is 0 Å². The molecule has 0 bridgehead atoms. The number of aryl methyl sites for hydroxylation is 2. The van der Waals surface area contributed by atoms with Gasteiger partial charge in [-0.15, -0.1) is 5.11 Å². The van der Waals surface area contributed by atoms with Crippen LogP contribution in [0.15, 0.2) is 58.9 Å². The van der Waals surface area contributed by atoms with Crippen molar-refractivity contribution in [2.24, 2.45) is 10.2 Å². The average Bonchev–Trinajstić information content (AvgIpc) is 2.90. The van der Waals surface area contributed by atoms with E-state index in [1.54, 1.807) is 0 Å². The van der Waals surface area contributed by atoms with Crippen LogP contribution in [0, 0.1) is 30.9 Å². The third-order valence-corrected chi connectivity index (χ3v) is 4.19. The number of azo groups is 1. The van der Waals surface area contributed by atoms with Crippen molar-refractivity contribution in [3.63, 3.8) is 0 Å². The molecule has 0 radical (unpaired) electrons. The van der Waals surface area contributed by atoms with Gasteiger partial charge in [0.15, 0.2) is 5.82 Å². The molecule has 0 N–H and O–H groups in total. The summed E-state index contributed by atoms with van der Waals surface area (Å²) in [5.74, 6) is 0.350. The lowest BCUT2D eigenvalue weighted by Gasteiger charge is -2.10. The van der Waals surface area contributed by atoms with Gasteiger partial charge in [-0.1, -0.05) is 17.7 Å². The second-order valence-corrected chi connectivity index (χ2v) is 6.10. The highest BCUT2D eigenvalue weighted by atomic mass is 16.6. The molecule has 7 heteroatoms. The molecule has 0 saturated heterocycles. The first-order valence-corrected chi connectivity index (χ1v) is 8.18. The van der Waals surface area contributed by atoms with Crippen LogP contribution in [-0.4, -0.2) is 14.5 Å². The van der Waals surface area contributed by atoms with E-state index >= 15 is 0 Å². The van der Waals surface area contributed by atoms with Gasteiger partial charge >= 0.3 is 0 Å². The van der Waals surface area contributed by atoms with E-state index in [0.717, 1.165) is 22.6 Å². The zero-order chi connectivity index (χ0) is 18.7. The largest absolute Gasteiger partial charge is 0.318 e. The van der Waals surface area contributed by atoms with Crippen molar-refractivity contribution < 1.29 is 4.92 Å². The third-order valence-electron chi connectivity index (χ3n) is 4.19. The number of pyridine rings is 1. The first-order valence-electron chi connectivity index (χ1n) is 8.18. The molecule has 0 aliphatic heterocycles. The van der Waals surface area contributed by atoms with Gasteiger partial charge in [-0.2, -0.15) is 5.11 Å². The number of nitro groups is 1. The van der Waals surface area contributed by atoms with Crippen LogP contribution in [-0.2, 0) is 6.54 Å². The Morgan fingerprint density at radius 1 is 1.12 bits per heavy atom. The van der Waals surface area contributed by atoms with Gasteiger partial charge in [0, 0.05) is 23.1 Å². The summed E-state index contributed by atoms with van der Waals surface area (Å²) in [5.41, 5.74) is 5.60. The topological polar surface area (TPSA) is 85.7 Å². The van der Waals surface area contributed by atoms with Crippen molar-refractivity contribution >= 4 is 11.5 Å². The summed E-state index contributed by atoms with van der Waals surface area (Å²) in [7, 11) is 0. The molecule has 1 aromatic carbocycles. The standard InChI is InChI=1S/C19H19N5O2/c1-13-4-6-17(7-5-13)23-14(2)10-16(15(23)3)11-21-22-19-9-8-18(12-20-19)24(25)26/h4-10,12H,11H2,1-3H3. The molecule has 0 aliphatic carbocycles. The number of aromatic nitrogens is 2. The Morgan fingerprint density at radius 3 is 2.46 bits per heavy atom. The van der Waals surface area contributed by atoms with Gasteiger partial charge in [0.1, 0.15) is 6.20 Å². The Hall–Kier alpha value is -3.35. The van der Waals surface area contributed by atoms with Crippen molar-refractivity contribution in [2.75, 3.05) is 0 Å². The highest BCUT2D eigenvalue weighted by Gasteiger charge is 2.10. The van der Waals surface area contributed by atoms with Crippen LogP contribution < -0.4 is 0 Å². The number of hydrogen-bond donors (Lipinski definition) is 0. The Balaban J connectivity index is 1.77. The van der Waals surface area contributed by atoms with Gasteiger partial charge in [-0.05, 0) is 50.6 Å². The first-order chi connectivity index (χ1) is 12.5. The van der Waals surface area contributed by atoms with E-state index in [1.807, 2.05) is 0 Å². The maximum Gasteiger partial charge on any atom is 0.287 e. The van der Waals surface area contributed by atoms with Gasteiger partial charge in [0.25, 0.3) is 5.69 Å². The smallest absolute Gasteiger partial charge is 0.287 e. The second-order valence-electron chi connectivity index (χ2n) is 6.10. The molecule has 0 amide bonds. The van der Waals surface area contributed by atoms with Crippen molar-refractivity contribution in [3.05, 3.63) is 81.3 Å². The fourth-order valence-corrected chi connectivity index (χ4v) is 2.81. The van der Waals surface area contributed by atoms with Gasteiger partial charge in [0.2, 0.25) is 0 Å². The van der Waals surface area contributed by atoms with Gasteiger partial charge in [0.05, 0.1) is 11.5 Å². The second kappa shape index (κ2) is 7.26. The molecule has 7 nitrogen and oxygen atoms in total. The molecule has 0 spiro atoms. The van der Waals surface area contributed by atoms with Gasteiger partial charge < -0.3 is 4.57 Å². The van der Waals surface area contributed by atoms with Crippen molar-refractivity contribution in [3.8, 4) is 5.69 Å². The summed E-state index contributed by atoms with van der Waals surface area (Å²) in [6.45, 7) is 6.61. The molecule has 0 atom stereocenters. The van der Waals surface area contributed by atoms with Crippen LogP contribution in [0.3, 0.4) is 0 Å². The first kappa shape index (κ1) is 17.5. The fraction of sp³-hybridized carbons (Fsp3) is 0.211. The fourth-order valence-electron chi connectivity index (χ4n) is 2.81. The maximum atomic E-state index is 10.6. The van der Waals surface area contributed by atoms with E-state index in [4.69, 9.17) is 0 Å². The summed E-state index contributed by atoms with van der Waals surface area (Å²) in [5, 5.41) is 18.9. The Labute approximate surface area is 151 Å². The molecule has 0 unspecified atom stereocenters. The highest BCUT2D eigenvalue weighted by Crippen LogP contribution is 2.22. The molecule has 2 aromatic heterocycles. The Morgan fingerprint density at radius 2 is 1.85 bits per heavy atom. The molecule has 0 saturated carbocycles. The quantitative estimate of drug-likeness (QED) is 0.369. The predicted molar refractivity (Wildman–Crippen MR) is 99.1 cm³/mol. The average molecular weight is 349 g/mol. The molecule has 0 aliphatic rings. The van der Waals surface area contributed by atoms with Crippen LogP contribution in [0.2, 0.25) is 0 Å². The van der Waals surface area contributed by atoms with Crippen molar-refractivity contribution in [2.45, 2.75) is 27.3 Å².